The lowest BCUT2D eigenvalue weighted by atomic mass is 10.1. The van der Waals surface area contributed by atoms with Crippen LogP contribution in [0.25, 0.3) is 0 Å². The molecule has 1 saturated heterocycles. The molecular formula is C16H23NO3. The highest BCUT2D eigenvalue weighted by Crippen LogP contribution is 2.20. The van der Waals surface area contributed by atoms with Gasteiger partial charge in [-0.05, 0) is 45.7 Å². The maximum atomic E-state index is 12.3. The number of benzene rings is 1. The molecule has 4 heteroatoms. The molecule has 1 heterocycles. The van der Waals surface area contributed by atoms with Gasteiger partial charge in [0.25, 0.3) is 5.91 Å². The van der Waals surface area contributed by atoms with Crippen molar-refractivity contribution in [3.8, 4) is 5.75 Å². The number of hydrogen-bond acceptors (Lipinski definition) is 3. The summed E-state index contributed by atoms with van der Waals surface area (Å²) in [5, 5.41) is 2.99. The smallest absolute Gasteiger partial charge is 0.263 e. The molecule has 1 aromatic rings. The molecule has 2 unspecified atom stereocenters. The molecule has 1 fully saturated rings. The third-order valence-electron chi connectivity index (χ3n) is 3.54. The Bertz CT molecular complexity index is 438. The first-order valence-corrected chi connectivity index (χ1v) is 7.16. The average molecular weight is 277 g/mol. The van der Waals surface area contributed by atoms with Gasteiger partial charge >= 0.3 is 0 Å². The van der Waals surface area contributed by atoms with E-state index in [0.717, 1.165) is 19.4 Å². The van der Waals surface area contributed by atoms with Crippen LogP contribution in [0.15, 0.2) is 30.3 Å². The Morgan fingerprint density at radius 3 is 2.70 bits per heavy atom. The number of carbonyl (C=O) groups is 1. The van der Waals surface area contributed by atoms with Crippen LogP contribution in [0.3, 0.4) is 0 Å². The van der Waals surface area contributed by atoms with E-state index in [1.54, 1.807) is 13.8 Å². The highest BCUT2D eigenvalue weighted by Gasteiger charge is 2.33. The van der Waals surface area contributed by atoms with Gasteiger partial charge in [0.2, 0.25) is 0 Å². The van der Waals surface area contributed by atoms with Crippen molar-refractivity contribution in [2.24, 2.45) is 0 Å². The molecule has 20 heavy (non-hydrogen) atoms. The van der Waals surface area contributed by atoms with Gasteiger partial charge in [-0.2, -0.15) is 0 Å². The van der Waals surface area contributed by atoms with E-state index in [1.807, 2.05) is 37.3 Å². The fourth-order valence-corrected chi connectivity index (χ4v) is 2.30. The largest absolute Gasteiger partial charge is 0.478 e. The zero-order chi connectivity index (χ0) is 14.6. The minimum Gasteiger partial charge on any atom is -0.478 e. The van der Waals surface area contributed by atoms with Gasteiger partial charge in [-0.3, -0.25) is 4.79 Å². The number of nitrogens with one attached hydrogen (secondary N) is 1. The van der Waals surface area contributed by atoms with E-state index in [0.29, 0.717) is 5.75 Å². The first kappa shape index (κ1) is 14.9. The van der Waals surface area contributed by atoms with Crippen LogP contribution >= 0.6 is 0 Å². The average Bonchev–Trinajstić information content (AvgIpc) is 2.93. The van der Waals surface area contributed by atoms with Gasteiger partial charge in [0.15, 0.2) is 5.60 Å². The highest BCUT2D eigenvalue weighted by molar-refractivity contribution is 5.85. The summed E-state index contributed by atoms with van der Waals surface area (Å²) >= 11 is 0. The van der Waals surface area contributed by atoms with Gasteiger partial charge in [-0.25, -0.2) is 0 Å². The van der Waals surface area contributed by atoms with Crippen molar-refractivity contribution in [3.05, 3.63) is 30.3 Å². The summed E-state index contributed by atoms with van der Waals surface area (Å²) < 4.78 is 11.4. The van der Waals surface area contributed by atoms with E-state index < -0.39 is 5.60 Å². The van der Waals surface area contributed by atoms with Gasteiger partial charge < -0.3 is 14.8 Å². The van der Waals surface area contributed by atoms with Crippen LogP contribution in [-0.2, 0) is 9.53 Å². The number of carbonyl (C=O) groups excluding carboxylic acids is 1. The van der Waals surface area contributed by atoms with Gasteiger partial charge in [-0.15, -0.1) is 0 Å². The van der Waals surface area contributed by atoms with Crippen molar-refractivity contribution in [1.29, 1.82) is 0 Å². The molecule has 0 radical (unpaired) electrons. The van der Waals surface area contributed by atoms with Crippen LogP contribution in [-0.4, -0.2) is 30.3 Å². The third-order valence-corrected chi connectivity index (χ3v) is 3.54. The van der Waals surface area contributed by atoms with Gasteiger partial charge in [0.05, 0.1) is 12.1 Å². The standard InChI is InChI=1S/C16H23NO3/c1-12(14-10-7-11-19-14)17-15(18)16(2,3)20-13-8-5-4-6-9-13/h4-6,8-9,12,14H,7,10-11H2,1-3H3,(H,17,18). The molecule has 0 bridgehead atoms. The molecular weight excluding hydrogens is 254 g/mol. The van der Waals surface area contributed by atoms with E-state index in [4.69, 9.17) is 9.47 Å². The van der Waals surface area contributed by atoms with E-state index >= 15 is 0 Å². The lowest BCUT2D eigenvalue weighted by molar-refractivity contribution is -0.135. The van der Waals surface area contributed by atoms with Crippen LogP contribution in [0.2, 0.25) is 0 Å². The Hall–Kier alpha value is -1.55. The predicted molar refractivity (Wildman–Crippen MR) is 77.7 cm³/mol. The van der Waals surface area contributed by atoms with E-state index in [2.05, 4.69) is 5.32 Å². The first-order chi connectivity index (χ1) is 9.49. The van der Waals surface area contributed by atoms with Gasteiger partial charge in [0, 0.05) is 6.61 Å². The molecule has 2 atom stereocenters. The summed E-state index contributed by atoms with van der Waals surface area (Å²) in [4.78, 5) is 12.3. The summed E-state index contributed by atoms with van der Waals surface area (Å²) in [5.41, 5.74) is -0.909. The Morgan fingerprint density at radius 1 is 1.40 bits per heavy atom. The molecule has 1 N–H and O–H groups in total. The van der Waals surface area contributed by atoms with Crippen LogP contribution in [0.4, 0.5) is 0 Å². The van der Waals surface area contributed by atoms with E-state index in [1.165, 1.54) is 0 Å². The number of para-hydroxylation sites is 1. The Balaban J connectivity index is 1.92. The van der Waals surface area contributed by atoms with Crippen LogP contribution in [0.1, 0.15) is 33.6 Å². The SMILES string of the molecule is CC(NC(=O)C(C)(C)Oc1ccccc1)C1CCCO1. The fourth-order valence-electron chi connectivity index (χ4n) is 2.30. The quantitative estimate of drug-likeness (QED) is 0.899. The zero-order valence-electron chi connectivity index (χ0n) is 12.4. The summed E-state index contributed by atoms with van der Waals surface area (Å²) in [6.45, 7) is 6.32. The number of rotatable bonds is 5. The van der Waals surface area contributed by atoms with Crippen molar-refractivity contribution in [2.45, 2.75) is 51.4 Å². The summed E-state index contributed by atoms with van der Waals surface area (Å²) in [6, 6.07) is 9.39. The second-order valence-electron chi connectivity index (χ2n) is 5.74. The van der Waals surface area contributed by atoms with Gasteiger partial charge in [0.1, 0.15) is 5.75 Å². The molecule has 1 aliphatic rings. The van der Waals surface area contributed by atoms with Gasteiger partial charge in [-0.1, -0.05) is 18.2 Å². The van der Waals surface area contributed by atoms with Crippen LogP contribution < -0.4 is 10.1 Å². The lowest BCUT2D eigenvalue weighted by Crippen LogP contribution is -2.52. The molecule has 1 amide bonds. The summed E-state index contributed by atoms with van der Waals surface area (Å²) in [6.07, 6.45) is 2.18. The van der Waals surface area contributed by atoms with Crippen LogP contribution in [0, 0.1) is 0 Å². The van der Waals surface area contributed by atoms with Crippen LogP contribution in [0.5, 0.6) is 5.75 Å². The summed E-state index contributed by atoms with van der Waals surface area (Å²) in [7, 11) is 0. The molecule has 0 spiro atoms. The molecule has 0 aromatic heterocycles. The topological polar surface area (TPSA) is 47.6 Å². The second kappa shape index (κ2) is 6.27. The Kier molecular flexibility index (Phi) is 4.65. The molecule has 1 aliphatic heterocycles. The maximum Gasteiger partial charge on any atom is 0.263 e. The predicted octanol–water partition coefficient (Wildman–Crippen LogP) is 2.53. The summed E-state index contributed by atoms with van der Waals surface area (Å²) in [5.74, 6) is 0.571. The van der Waals surface area contributed by atoms with Crippen molar-refractivity contribution >= 4 is 5.91 Å². The minimum absolute atomic E-state index is 0.00338. The van der Waals surface area contributed by atoms with Crippen molar-refractivity contribution < 1.29 is 14.3 Å². The van der Waals surface area contributed by atoms with E-state index in [9.17, 15) is 4.79 Å². The minimum atomic E-state index is -0.909. The normalized spacial score (nSPS) is 20.4. The molecule has 0 aliphatic carbocycles. The highest BCUT2D eigenvalue weighted by atomic mass is 16.5. The first-order valence-electron chi connectivity index (χ1n) is 7.16. The fraction of sp³-hybridized carbons (Fsp3) is 0.562. The van der Waals surface area contributed by atoms with Crippen molar-refractivity contribution in [3.63, 3.8) is 0 Å². The Morgan fingerprint density at radius 2 is 2.10 bits per heavy atom. The lowest BCUT2D eigenvalue weighted by Gasteiger charge is -2.28. The van der Waals surface area contributed by atoms with Crippen molar-refractivity contribution in [1.82, 2.24) is 5.32 Å². The number of ether oxygens (including phenoxy) is 2. The number of amides is 1. The van der Waals surface area contributed by atoms with Crippen molar-refractivity contribution in [2.75, 3.05) is 6.61 Å². The second-order valence-corrected chi connectivity index (χ2v) is 5.74. The maximum absolute atomic E-state index is 12.3. The molecule has 110 valence electrons. The molecule has 1 aromatic carbocycles. The molecule has 0 saturated carbocycles. The Labute approximate surface area is 120 Å². The molecule has 4 nitrogen and oxygen atoms in total. The third kappa shape index (κ3) is 3.73. The number of hydrogen-bond donors (Lipinski definition) is 1. The monoisotopic (exact) mass is 277 g/mol. The molecule has 2 rings (SSSR count). The zero-order valence-corrected chi connectivity index (χ0v) is 12.4. The van der Waals surface area contributed by atoms with E-state index in [-0.39, 0.29) is 18.1 Å².